The molecule has 1 aromatic carbocycles. The fourth-order valence-corrected chi connectivity index (χ4v) is 4.43. The van der Waals surface area contributed by atoms with Crippen molar-refractivity contribution < 1.29 is 14.0 Å². The smallest absolute Gasteiger partial charge is 0.243 e. The van der Waals surface area contributed by atoms with E-state index in [0.29, 0.717) is 17.9 Å². The van der Waals surface area contributed by atoms with E-state index in [1.165, 1.54) is 23.9 Å². The number of halogens is 1. The number of benzene rings is 1. The van der Waals surface area contributed by atoms with Gasteiger partial charge in [0.1, 0.15) is 17.2 Å². The quantitative estimate of drug-likeness (QED) is 0.856. The third kappa shape index (κ3) is 4.47. The number of hydrogen-bond donors (Lipinski definition) is 1. The zero-order chi connectivity index (χ0) is 19.4. The molecule has 0 saturated carbocycles. The Kier molecular flexibility index (Phi) is 6.11. The highest BCUT2D eigenvalue weighted by molar-refractivity contribution is 7.99. The van der Waals surface area contributed by atoms with Gasteiger partial charge in [0.2, 0.25) is 11.8 Å². The van der Waals surface area contributed by atoms with Gasteiger partial charge in [-0.3, -0.25) is 14.6 Å². The number of rotatable bonds is 5. The highest BCUT2D eigenvalue weighted by Crippen LogP contribution is 2.42. The molecule has 2 amide bonds. The van der Waals surface area contributed by atoms with Crippen LogP contribution in [-0.4, -0.2) is 33.5 Å². The van der Waals surface area contributed by atoms with E-state index in [2.05, 4.69) is 10.3 Å². The van der Waals surface area contributed by atoms with E-state index in [4.69, 9.17) is 0 Å². The lowest BCUT2D eigenvalue weighted by Gasteiger charge is -2.30. The van der Waals surface area contributed by atoms with Gasteiger partial charge in [-0.25, -0.2) is 4.39 Å². The van der Waals surface area contributed by atoms with E-state index in [0.717, 1.165) is 5.56 Å². The average Bonchev–Trinajstić information content (AvgIpc) is 3.11. The number of hydrogen-bond acceptors (Lipinski definition) is 4. The predicted molar refractivity (Wildman–Crippen MR) is 103 cm³/mol. The number of nitrogens with one attached hydrogen (secondary N) is 1. The van der Waals surface area contributed by atoms with Crippen LogP contribution in [0.3, 0.4) is 0 Å². The van der Waals surface area contributed by atoms with Crippen LogP contribution in [0.5, 0.6) is 0 Å². The van der Waals surface area contributed by atoms with Crippen molar-refractivity contribution in [1.29, 1.82) is 0 Å². The monoisotopic (exact) mass is 387 g/mol. The van der Waals surface area contributed by atoms with Gasteiger partial charge < -0.3 is 10.2 Å². The van der Waals surface area contributed by atoms with Gasteiger partial charge >= 0.3 is 0 Å². The van der Waals surface area contributed by atoms with Crippen molar-refractivity contribution in [2.75, 3.05) is 5.75 Å². The molecule has 27 heavy (non-hydrogen) atoms. The van der Waals surface area contributed by atoms with Crippen LogP contribution in [0, 0.1) is 11.7 Å². The molecular weight excluding hydrogens is 365 g/mol. The van der Waals surface area contributed by atoms with Crippen molar-refractivity contribution in [2.45, 2.75) is 31.8 Å². The Hall–Kier alpha value is -2.41. The number of thioether (sulfide) groups is 1. The Morgan fingerprint density at radius 2 is 2.15 bits per heavy atom. The van der Waals surface area contributed by atoms with Crippen molar-refractivity contribution in [2.24, 2.45) is 5.92 Å². The van der Waals surface area contributed by atoms with Gasteiger partial charge in [-0.05, 0) is 29.3 Å². The van der Waals surface area contributed by atoms with Crippen molar-refractivity contribution >= 4 is 23.6 Å². The maximum atomic E-state index is 13.7. The SMILES string of the molecule is CC(C)C(=O)N1C(C(=O)NCc2cccnc2)CSC1c1cccc(F)c1. The summed E-state index contributed by atoms with van der Waals surface area (Å²) in [5.41, 5.74) is 1.58. The minimum absolute atomic E-state index is 0.115. The summed E-state index contributed by atoms with van der Waals surface area (Å²) in [5, 5.41) is 2.52. The van der Waals surface area contributed by atoms with Gasteiger partial charge in [0.05, 0.1) is 0 Å². The highest BCUT2D eigenvalue weighted by Gasteiger charge is 2.42. The molecule has 7 heteroatoms. The van der Waals surface area contributed by atoms with Crippen LogP contribution in [0.15, 0.2) is 48.8 Å². The van der Waals surface area contributed by atoms with Crippen LogP contribution in [-0.2, 0) is 16.1 Å². The molecule has 142 valence electrons. The van der Waals surface area contributed by atoms with E-state index < -0.39 is 6.04 Å². The maximum Gasteiger partial charge on any atom is 0.243 e. The number of carbonyl (C=O) groups excluding carboxylic acids is 2. The molecule has 1 saturated heterocycles. The summed E-state index contributed by atoms with van der Waals surface area (Å²) in [6.45, 7) is 3.96. The number of aromatic nitrogens is 1. The van der Waals surface area contributed by atoms with E-state index in [-0.39, 0.29) is 28.9 Å². The zero-order valence-corrected chi connectivity index (χ0v) is 16.1. The number of carbonyl (C=O) groups is 2. The second-order valence-electron chi connectivity index (χ2n) is 6.74. The lowest BCUT2D eigenvalue weighted by molar-refractivity contribution is -0.142. The molecule has 1 aliphatic rings. The van der Waals surface area contributed by atoms with Crippen LogP contribution < -0.4 is 5.32 Å². The van der Waals surface area contributed by atoms with E-state index in [1.807, 2.05) is 12.1 Å². The number of pyridine rings is 1. The Labute approximate surface area is 162 Å². The lowest BCUT2D eigenvalue weighted by atomic mass is 10.1. The molecule has 1 N–H and O–H groups in total. The molecule has 0 radical (unpaired) electrons. The van der Waals surface area contributed by atoms with Crippen molar-refractivity contribution in [3.05, 3.63) is 65.7 Å². The summed E-state index contributed by atoms with van der Waals surface area (Å²) in [7, 11) is 0. The van der Waals surface area contributed by atoms with Crippen LogP contribution in [0.25, 0.3) is 0 Å². The highest BCUT2D eigenvalue weighted by atomic mass is 32.2. The topological polar surface area (TPSA) is 62.3 Å². The molecule has 1 aromatic heterocycles. The van der Waals surface area contributed by atoms with Gasteiger partial charge in [-0.15, -0.1) is 11.8 Å². The van der Waals surface area contributed by atoms with Crippen LogP contribution >= 0.6 is 11.8 Å². The molecule has 5 nitrogen and oxygen atoms in total. The standard InChI is InChI=1S/C20H22FN3O2S/c1-13(2)19(26)24-17(18(25)23-11-14-5-4-8-22-10-14)12-27-20(24)15-6-3-7-16(21)9-15/h3-10,13,17,20H,11-12H2,1-2H3,(H,23,25). The van der Waals surface area contributed by atoms with E-state index in [9.17, 15) is 14.0 Å². The molecule has 1 aliphatic heterocycles. The van der Waals surface area contributed by atoms with Crippen LogP contribution in [0.1, 0.15) is 30.3 Å². The zero-order valence-electron chi connectivity index (χ0n) is 15.3. The largest absolute Gasteiger partial charge is 0.350 e. The Morgan fingerprint density at radius 1 is 1.33 bits per heavy atom. The first kappa shape index (κ1) is 19.4. The van der Waals surface area contributed by atoms with Gasteiger partial charge in [-0.2, -0.15) is 0 Å². The van der Waals surface area contributed by atoms with Gasteiger partial charge in [0.15, 0.2) is 0 Å². The maximum absolute atomic E-state index is 13.7. The molecule has 3 rings (SSSR count). The third-order valence-electron chi connectivity index (χ3n) is 4.37. The summed E-state index contributed by atoms with van der Waals surface area (Å²) < 4.78 is 13.7. The minimum atomic E-state index is -0.588. The summed E-state index contributed by atoms with van der Waals surface area (Å²) in [5.74, 6) is -0.462. The van der Waals surface area contributed by atoms with Crippen molar-refractivity contribution in [3.63, 3.8) is 0 Å². The fourth-order valence-electron chi connectivity index (χ4n) is 3.00. The van der Waals surface area contributed by atoms with E-state index >= 15 is 0 Å². The molecule has 0 aliphatic carbocycles. The third-order valence-corrected chi connectivity index (χ3v) is 5.70. The molecule has 2 atom stereocenters. The minimum Gasteiger partial charge on any atom is -0.350 e. The molecule has 0 bridgehead atoms. The van der Waals surface area contributed by atoms with E-state index in [1.54, 1.807) is 43.3 Å². The Balaban J connectivity index is 1.79. The Morgan fingerprint density at radius 3 is 2.81 bits per heavy atom. The van der Waals surface area contributed by atoms with Crippen molar-refractivity contribution in [3.8, 4) is 0 Å². The van der Waals surface area contributed by atoms with Crippen molar-refractivity contribution in [1.82, 2.24) is 15.2 Å². The number of nitrogens with zero attached hydrogens (tertiary/aromatic N) is 2. The van der Waals surface area contributed by atoms with Crippen LogP contribution in [0.4, 0.5) is 4.39 Å². The predicted octanol–water partition coefficient (Wildman–Crippen LogP) is 3.14. The molecular formula is C20H22FN3O2S. The molecule has 2 unspecified atom stereocenters. The fraction of sp³-hybridized carbons (Fsp3) is 0.350. The Bertz CT molecular complexity index is 816. The summed E-state index contributed by atoms with van der Waals surface area (Å²) in [6.07, 6.45) is 3.36. The normalized spacial score (nSPS) is 19.3. The van der Waals surface area contributed by atoms with Gasteiger partial charge in [0, 0.05) is 30.6 Å². The molecule has 0 spiro atoms. The second kappa shape index (κ2) is 8.52. The molecule has 2 heterocycles. The average molecular weight is 387 g/mol. The van der Waals surface area contributed by atoms with Gasteiger partial charge in [0.25, 0.3) is 0 Å². The first-order valence-corrected chi connectivity index (χ1v) is 9.88. The summed E-state index contributed by atoms with van der Waals surface area (Å²) in [4.78, 5) is 31.2. The first-order chi connectivity index (χ1) is 13.0. The molecule has 1 fully saturated rings. The second-order valence-corrected chi connectivity index (χ2v) is 7.85. The summed E-state index contributed by atoms with van der Waals surface area (Å²) >= 11 is 1.48. The van der Waals surface area contributed by atoms with Crippen LogP contribution in [0.2, 0.25) is 0 Å². The van der Waals surface area contributed by atoms with Gasteiger partial charge in [-0.1, -0.05) is 32.0 Å². The lowest BCUT2D eigenvalue weighted by Crippen LogP contribution is -2.49. The molecule has 2 aromatic rings. The first-order valence-electron chi connectivity index (χ1n) is 8.83. The number of amides is 2. The summed E-state index contributed by atoms with van der Waals surface area (Å²) in [6, 6.07) is 9.31.